The van der Waals surface area contributed by atoms with Crippen molar-refractivity contribution in [3.05, 3.63) is 95.4 Å². The zero-order chi connectivity index (χ0) is 47.4. The number of hydrogen-bond acceptors (Lipinski definition) is 11. The highest BCUT2D eigenvalue weighted by Crippen LogP contribution is 2.30. The van der Waals surface area contributed by atoms with Gasteiger partial charge in [-0.3, -0.25) is 19.4 Å². The van der Waals surface area contributed by atoms with Gasteiger partial charge in [0.15, 0.2) is 0 Å². The van der Waals surface area contributed by atoms with E-state index in [0.29, 0.717) is 44.8 Å². The summed E-state index contributed by atoms with van der Waals surface area (Å²) >= 11 is 1.58. The predicted molar refractivity (Wildman–Crippen MR) is 256 cm³/mol. The molecule has 0 bridgehead atoms. The van der Waals surface area contributed by atoms with Crippen LogP contribution in [0.1, 0.15) is 95.5 Å². The number of aliphatic hydroxyl groups is 1. The molecule has 5 N–H and O–H groups in total. The largest absolute Gasteiger partial charge is 0.391 e. The van der Waals surface area contributed by atoms with Crippen LogP contribution >= 0.6 is 11.3 Å². The lowest BCUT2D eigenvalue weighted by Gasteiger charge is -2.35. The number of likely N-dealkylation sites (tertiary alicyclic amines) is 1. The first kappa shape index (κ1) is 50.1. The summed E-state index contributed by atoms with van der Waals surface area (Å²) in [6.07, 6.45) is 7.25. The van der Waals surface area contributed by atoms with E-state index in [4.69, 9.17) is 0 Å². The van der Waals surface area contributed by atoms with E-state index < -0.39 is 39.7 Å². The minimum Gasteiger partial charge on any atom is -0.391 e. The number of anilines is 1. The lowest BCUT2D eigenvalue weighted by molar-refractivity contribution is -0.144. The van der Waals surface area contributed by atoms with E-state index in [1.54, 1.807) is 41.9 Å². The number of pyridine rings is 1. The Labute approximate surface area is 393 Å². The maximum Gasteiger partial charge on any atom is 0.319 e. The Morgan fingerprint density at radius 2 is 1.61 bits per heavy atom. The molecule has 16 nitrogen and oxygen atoms in total. The molecule has 4 aromatic rings. The second-order valence-electron chi connectivity index (χ2n) is 18.3. The molecule has 0 saturated carbocycles. The zero-order valence-corrected chi connectivity index (χ0v) is 40.3. The second kappa shape index (κ2) is 23.0. The Kier molecular flexibility index (Phi) is 17.4. The number of amides is 5. The molecule has 0 spiro atoms. The molecule has 18 heteroatoms. The van der Waals surface area contributed by atoms with Gasteiger partial charge >= 0.3 is 6.03 Å². The van der Waals surface area contributed by atoms with Crippen molar-refractivity contribution in [1.29, 1.82) is 0 Å². The molecule has 4 unspecified atom stereocenters. The predicted octanol–water partition coefficient (Wildman–Crippen LogP) is 5.85. The number of piperazine rings is 1. The maximum absolute atomic E-state index is 14.1. The van der Waals surface area contributed by atoms with Gasteiger partial charge in [0.2, 0.25) is 27.7 Å². The smallest absolute Gasteiger partial charge is 0.319 e. The van der Waals surface area contributed by atoms with Crippen LogP contribution in [0.3, 0.4) is 0 Å². The molecular formula is C48H65N9O7S2. The van der Waals surface area contributed by atoms with Crippen LogP contribution < -0.4 is 21.3 Å². The number of β-amino-alcohol motifs (C(OH)–C–C–N with tert-alkyl or cyclic N) is 1. The van der Waals surface area contributed by atoms with Crippen molar-refractivity contribution in [1.82, 2.24) is 40.0 Å². The van der Waals surface area contributed by atoms with Gasteiger partial charge in [0, 0.05) is 70.2 Å². The van der Waals surface area contributed by atoms with Gasteiger partial charge in [-0.25, -0.2) is 18.2 Å². The highest BCUT2D eigenvalue weighted by atomic mass is 32.2. The van der Waals surface area contributed by atoms with E-state index in [-0.39, 0.29) is 48.0 Å². The third kappa shape index (κ3) is 13.7. The Bertz CT molecular complexity index is 2350. The van der Waals surface area contributed by atoms with Crippen molar-refractivity contribution in [2.75, 3.05) is 44.6 Å². The summed E-state index contributed by atoms with van der Waals surface area (Å²) in [6.45, 7) is 12.7. The molecule has 6 rings (SSSR count). The number of nitrogens with one attached hydrogen (secondary N) is 4. The van der Waals surface area contributed by atoms with E-state index in [9.17, 15) is 32.7 Å². The molecule has 4 atom stereocenters. The topological polar surface area (TPSA) is 206 Å². The number of nitrogens with zero attached hydrogens (tertiary/aromatic N) is 5. The number of aryl methyl sites for hydroxylation is 1. The van der Waals surface area contributed by atoms with Crippen LogP contribution in [-0.4, -0.2) is 119 Å². The third-order valence-electron chi connectivity index (χ3n) is 12.2. The Morgan fingerprint density at radius 1 is 0.909 bits per heavy atom. The van der Waals surface area contributed by atoms with Gasteiger partial charge in [-0.1, -0.05) is 70.4 Å². The van der Waals surface area contributed by atoms with Crippen molar-refractivity contribution in [3.63, 3.8) is 0 Å². The first-order valence-corrected chi connectivity index (χ1v) is 25.2. The van der Waals surface area contributed by atoms with Gasteiger partial charge in [0.25, 0.3) is 0 Å². The van der Waals surface area contributed by atoms with E-state index in [1.165, 1.54) is 21.3 Å². The van der Waals surface area contributed by atoms with Crippen molar-refractivity contribution in [2.45, 2.75) is 115 Å². The molecule has 2 saturated heterocycles. The molecule has 2 fully saturated rings. The number of rotatable bonds is 19. The van der Waals surface area contributed by atoms with Crippen LogP contribution in [0.25, 0.3) is 10.4 Å². The van der Waals surface area contributed by atoms with Crippen LogP contribution in [0.4, 0.5) is 10.5 Å². The molecule has 2 aromatic carbocycles. The summed E-state index contributed by atoms with van der Waals surface area (Å²) in [6, 6.07) is 15.3. The molecule has 5 amide bonds. The van der Waals surface area contributed by atoms with Gasteiger partial charge in [-0.05, 0) is 85.7 Å². The fourth-order valence-corrected chi connectivity index (χ4v) is 10.5. The van der Waals surface area contributed by atoms with E-state index in [2.05, 4.69) is 36.1 Å². The van der Waals surface area contributed by atoms with Crippen LogP contribution in [-0.2, 0) is 31.0 Å². The van der Waals surface area contributed by atoms with Crippen LogP contribution in [0.15, 0.2) is 83.5 Å². The number of hydrogen-bond donors (Lipinski definition) is 5. The van der Waals surface area contributed by atoms with Crippen LogP contribution in [0.2, 0.25) is 0 Å². The molecule has 356 valence electrons. The molecular weight excluding hydrogens is 879 g/mol. The summed E-state index contributed by atoms with van der Waals surface area (Å²) in [5.41, 5.74) is 5.45. The van der Waals surface area contributed by atoms with Gasteiger partial charge in [0.05, 0.1) is 33.1 Å². The Balaban J connectivity index is 0.870. The highest BCUT2D eigenvalue weighted by molar-refractivity contribution is 7.89. The van der Waals surface area contributed by atoms with Crippen molar-refractivity contribution in [3.8, 4) is 10.4 Å². The van der Waals surface area contributed by atoms with Gasteiger partial charge in [-0.2, -0.15) is 4.31 Å². The van der Waals surface area contributed by atoms with Gasteiger partial charge in [0.1, 0.15) is 12.1 Å². The van der Waals surface area contributed by atoms with Gasteiger partial charge < -0.3 is 36.2 Å². The highest BCUT2D eigenvalue weighted by Gasteiger charge is 2.44. The number of carbonyl (C=O) groups is 4. The summed E-state index contributed by atoms with van der Waals surface area (Å²) in [7, 11) is -3.68. The number of benzene rings is 2. The van der Waals surface area contributed by atoms with Crippen molar-refractivity contribution < 1.29 is 32.7 Å². The first-order valence-electron chi connectivity index (χ1n) is 22.8. The normalized spacial score (nSPS) is 18.1. The molecule has 66 heavy (non-hydrogen) atoms. The SMILES string of the molecule is Cc1ncsc1-c1ccc(C(C)NC(=O)C2CC(O)CN2C(=O)C(NC(=O)CCCCCCCN2CCN(S(=O)(=O)c3ccc(NC(=O)NCc4cccnc4)cc3)CC2)C(C)(C)C)cc1. The van der Waals surface area contributed by atoms with E-state index in [1.807, 2.05) is 70.5 Å². The average Bonchev–Trinajstić information content (AvgIpc) is 3.92. The number of sulfonamides is 1. The van der Waals surface area contributed by atoms with Crippen molar-refractivity contribution in [2.24, 2.45) is 5.41 Å². The van der Waals surface area contributed by atoms with Crippen LogP contribution in [0.5, 0.6) is 0 Å². The van der Waals surface area contributed by atoms with E-state index >= 15 is 0 Å². The number of thiazole rings is 1. The molecule has 0 radical (unpaired) electrons. The van der Waals surface area contributed by atoms with Gasteiger partial charge in [-0.15, -0.1) is 11.3 Å². The minimum absolute atomic E-state index is 0.0106. The lowest BCUT2D eigenvalue weighted by Crippen LogP contribution is -2.57. The Morgan fingerprint density at radius 3 is 2.26 bits per heavy atom. The first-order chi connectivity index (χ1) is 31.5. The summed E-state index contributed by atoms with van der Waals surface area (Å²) < 4.78 is 28.3. The van der Waals surface area contributed by atoms with Crippen molar-refractivity contribution >= 4 is 50.8 Å². The minimum atomic E-state index is -3.68. The number of unbranched alkanes of at least 4 members (excludes halogenated alkanes) is 4. The van der Waals surface area contributed by atoms with Crippen LogP contribution in [0, 0.1) is 12.3 Å². The Hall–Kier alpha value is -5.27. The molecule has 4 heterocycles. The standard InChI is InChI=1S/C48H65N9O7S2/c1-33(36-14-16-37(17-15-36)43-34(2)51-32-65-43)52-45(60)41-28-39(58)31-57(41)46(61)44(48(3,4)5)54-42(59)13-9-7-6-8-10-23-55-24-26-56(27-25-55)66(63,64)40-20-18-38(19-21-40)53-47(62)50-30-35-12-11-22-49-29-35/h11-12,14-22,29,32-33,39,41,44,58H,6-10,13,23-28,30-31H2,1-5H3,(H,52,60)(H,54,59)(H2,50,53,62). The number of urea groups is 1. The molecule has 2 aliphatic heterocycles. The quantitative estimate of drug-likeness (QED) is 0.0709. The fraction of sp³-hybridized carbons (Fsp3) is 0.500. The number of aromatic nitrogens is 2. The summed E-state index contributed by atoms with van der Waals surface area (Å²) in [4.78, 5) is 66.6. The fourth-order valence-electron chi connectivity index (χ4n) is 8.31. The van der Waals surface area contributed by atoms with E-state index in [0.717, 1.165) is 59.5 Å². The number of aliphatic hydroxyl groups excluding tert-OH is 1. The lowest BCUT2D eigenvalue weighted by atomic mass is 9.85. The number of carbonyl (C=O) groups excluding carboxylic acids is 4. The monoisotopic (exact) mass is 943 g/mol. The summed E-state index contributed by atoms with van der Waals surface area (Å²) in [5, 5.41) is 22.1. The molecule has 2 aliphatic rings. The average molecular weight is 944 g/mol. The third-order valence-corrected chi connectivity index (χ3v) is 15.1. The zero-order valence-electron chi connectivity index (χ0n) is 38.7. The maximum atomic E-state index is 14.1. The summed E-state index contributed by atoms with van der Waals surface area (Å²) in [5.74, 6) is -0.959. The molecule has 0 aliphatic carbocycles. The second-order valence-corrected chi connectivity index (χ2v) is 21.1. The molecule has 2 aromatic heterocycles.